The molecule has 2 heterocycles. The lowest BCUT2D eigenvalue weighted by Crippen LogP contribution is -1.91. The molecule has 0 radical (unpaired) electrons. The second-order valence-electron chi connectivity index (χ2n) is 5.69. The number of hydrogen-bond donors (Lipinski definition) is 2. The van der Waals surface area contributed by atoms with Crippen LogP contribution in [0.25, 0.3) is 21.9 Å². The van der Waals surface area contributed by atoms with Crippen molar-refractivity contribution in [3.05, 3.63) is 59.8 Å². The predicted molar refractivity (Wildman–Crippen MR) is 95.0 cm³/mol. The third kappa shape index (κ3) is 2.46. The molecular weight excluding hydrogens is 286 g/mol. The van der Waals surface area contributed by atoms with Gasteiger partial charge in [-0.3, -0.25) is 0 Å². The molecule has 0 fully saturated rings. The number of nitrogens with one attached hydrogen (secondary N) is 2. The summed E-state index contributed by atoms with van der Waals surface area (Å²) in [5.41, 5.74) is 8.37. The van der Waals surface area contributed by atoms with Crippen LogP contribution in [0.2, 0.25) is 0 Å². The zero-order chi connectivity index (χ0) is 15.8. The molecule has 0 aliphatic carbocycles. The van der Waals surface area contributed by atoms with Crippen molar-refractivity contribution in [2.75, 3.05) is 5.43 Å². The van der Waals surface area contributed by atoms with E-state index in [-0.39, 0.29) is 0 Å². The van der Waals surface area contributed by atoms with Crippen molar-refractivity contribution < 1.29 is 0 Å². The van der Waals surface area contributed by atoms with Gasteiger partial charge >= 0.3 is 0 Å². The number of anilines is 1. The van der Waals surface area contributed by atoms with E-state index in [9.17, 15) is 0 Å². The minimum absolute atomic E-state index is 0.641. The highest BCUT2D eigenvalue weighted by atomic mass is 15.3. The molecular formula is C18H17N5. The second kappa shape index (κ2) is 5.28. The van der Waals surface area contributed by atoms with E-state index in [1.165, 1.54) is 16.5 Å². The fourth-order valence-electron chi connectivity index (χ4n) is 2.82. The van der Waals surface area contributed by atoms with Gasteiger partial charge in [0.1, 0.15) is 0 Å². The number of hydrazone groups is 1. The summed E-state index contributed by atoms with van der Waals surface area (Å²) >= 11 is 0. The molecule has 0 amide bonds. The highest BCUT2D eigenvalue weighted by Crippen LogP contribution is 2.19. The third-order valence-corrected chi connectivity index (χ3v) is 3.94. The van der Waals surface area contributed by atoms with Gasteiger partial charge in [-0.25, -0.2) is 10.4 Å². The predicted octanol–water partition coefficient (Wildman–Crippen LogP) is 3.81. The first-order chi connectivity index (χ1) is 11.2. The van der Waals surface area contributed by atoms with Crippen LogP contribution < -0.4 is 5.43 Å². The molecule has 0 spiro atoms. The summed E-state index contributed by atoms with van der Waals surface area (Å²) in [6, 6.07) is 14.4. The van der Waals surface area contributed by atoms with E-state index in [0.29, 0.717) is 5.95 Å². The molecule has 5 heteroatoms. The monoisotopic (exact) mass is 303 g/mol. The first-order valence-corrected chi connectivity index (χ1v) is 7.50. The van der Waals surface area contributed by atoms with Crippen LogP contribution in [0.15, 0.2) is 53.8 Å². The first-order valence-electron chi connectivity index (χ1n) is 7.50. The average Bonchev–Trinajstić information content (AvgIpc) is 3.09. The van der Waals surface area contributed by atoms with Gasteiger partial charge in [0.05, 0.1) is 17.2 Å². The van der Waals surface area contributed by atoms with Crippen LogP contribution in [0, 0.1) is 6.92 Å². The summed E-state index contributed by atoms with van der Waals surface area (Å²) in [6.45, 7) is 2.06. The van der Waals surface area contributed by atoms with E-state index < -0.39 is 0 Å². The molecule has 0 saturated carbocycles. The van der Waals surface area contributed by atoms with Crippen molar-refractivity contribution in [2.45, 2.75) is 6.92 Å². The molecule has 2 N–H and O–H groups in total. The molecule has 0 unspecified atom stereocenters. The van der Waals surface area contributed by atoms with Gasteiger partial charge < -0.3 is 9.55 Å². The summed E-state index contributed by atoms with van der Waals surface area (Å²) < 4.78 is 2.10. The Morgan fingerprint density at radius 3 is 3.00 bits per heavy atom. The number of imidazole rings is 1. The maximum Gasteiger partial charge on any atom is 0.222 e. The molecule has 23 heavy (non-hydrogen) atoms. The number of benzene rings is 2. The van der Waals surface area contributed by atoms with E-state index >= 15 is 0 Å². The molecule has 0 atom stereocenters. The fraction of sp³-hybridized carbons (Fsp3) is 0.111. The average molecular weight is 303 g/mol. The Morgan fingerprint density at radius 1 is 1.22 bits per heavy atom. The lowest BCUT2D eigenvalue weighted by atomic mass is 10.2. The maximum absolute atomic E-state index is 4.47. The van der Waals surface area contributed by atoms with Crippen molar-refractivity contribution >= 4 is 34.1 Å². The first kappa shape index (κ1) is 13.6. The Kier molecular flexibility index (Phi) is 3.12. The van der Waals surface area contributed by atoms with Gasteiger partial charge in [-0.1, -0.05) is 24.3 Å². The summed E-state index contributed by atoms with van der Waals surface area (Å²) in [5.74, 6) is 0.641. The Balaban J connectivity index is 1.60. The molecule has 2 aromatic heterocycles. The van der Waals surface area contributed by atoms with Crippen LogP contribution in [-0.2, 0) is 7.05 Å². The molecule has 0 aliphatic heterocycles. The van der Waals surface area contributed by atoms with E-state index in [0.717, 1.165) is 16.6 Å². The van der Waals surface area contributed by atoms with Gasteiger partial charge in [0.25, 0.3) is 0 Å². The highest BCUT2D eigenvalue weighted by molar-refractivity contribution is 5.99. The number of aromatic amines is 1. The minimum atomic E-state index is 0.641. The van der Waals surface area contributed by atoms with Gasteiger partial charge in [0.15, 0.2) is 0 Å². The van der Waals surface area contributed by atoms with Crippen LogP contribution in [0.5, 0.6) is 0 Å². The number of fused-ring (bicyclic) bond motifs is 2. The molecule has 114 valence electrons. The highest BCUT2D eigenvalue weighted by Gasteiger charge is 2.04. The SMILES string of the molecule is Cc1ccc2nc(N/N=C\c3cn(C)c4ccccc34)[nH]c2c1. The molecule has 2 aromatic carbocycles. The van der Waals surface area contributed by atoms with Crippen molar-refractivity contribution in [2.24, 2.45) is 12.1 Å². The molecule has 4 aromatic rings. The molecule has 0 saturated heterocycles. The summed E-state index contributed by atoms with van der Waals surface area (Å²) in [5, 5.41) is 5.49. The number of H-pyrrole nitrogens is 1. The van der Waals surface area contributed by atoms with Gasteiger partial charge in [-0.15, -0.1) is 0 Å². The van der Waals surface area contributed by atoms with E-state index in [4.69, 9.17) is 0 Å². The van der Waals surface area contributed by atoms with E-state index in [1.54, 1.807) is 0 Å². The van der Waals surface area contributed by atoms with E-state index in [1.807, 2.05) is 37.5 Å². The molecule has 0 aliphatic rings. The lowest BCUT2D eigenvalue weighted by molar-refractivity contribution is 0.968. The zero-order valence-corrected chi connectivity index (χ0v) is 13.0. The molecule has 5 nitrogen and oxygen atoms in total. The van der Waals surface area contributed by atoms with Crippen molar-refractivity contribution in [3.63, 3.8) is 0 Å². The Morgan fingerprint density at radius 2 is 2.09 bits per heavy atom. The van der Waals surface area contributed by atoms with Gasteiger partial charge in [-0.2, -0.15) is 5.10 Å². The van der Waals surface area contributed by atoms with Crippen molar-refractivity contribution in [1.82, 2.24) is 14.5 Å². The minimum Gasteiger partial charge on any atom is -0.350 e. The normalized spacial score (nSPS) is 11.7. The third-order valence-electron chi connectivity index (χ3n) is 3.94. The largest absolute Gasteiger partial charge is 0.350 e. The number of rotatable bonds is 3. The number of aromatic nitrogens is 3. The summed E-state index contributed by atoms with van der Waals surface area (Å²) in [7, 11) is 2.04. The number of hydrogen-bond acceptors (Lipinski definition) is 3. The second-order valence-corrected chi connectivity index (χ2v) is 5.69. The van der Waals surface area contributed by atoms with Gasteiger partial charge in [0.2, 0.25) is 5.95 Å². The Labute approximate surface area is 133 Å². The summed E-state index contributed by atoms with van der Waals surface area (Å²) in [4.78, 5) is 7.69. The fourth-order valence-corrected chi connectivity index (χ4v) is 2.82. The van der Waals surface area contributed by atoms with Gasteiger partial charge in [0, 0.05) is 29.7 Å². The number of para-hydroxylation sites is 1. The lowest BCUT2D eigenvalue weighted by Gasteiger charge is -1.94. The molecule has 0 bridgehead atoms. The van der Waals surface area contributed by atoms with Gasteiger partial charge in [-0.05, 0) is 30.7 Å². The Hall–Kier alpha value is -3.08. The zero-order valence-electron chi connectivity index (χ0n) is 13.0. The quantitative estimate of drug-likeness (QED) is 0.446. The van der Waals surface area contributed by atoms with Crippen molar-refractivity contribution in [3.8, 4) is 0 Å². The number of nitrogens with zero attached hydrogens (tertiary/aromatic N) is 3. The van der Waals surface area contributed by atoms with Crippen LogP contribution >= 0.6 is 0 Å². The summed E-state index contributed by atoms with van der Waals surface area (Å²) in [6.07, 6.45) is 3.89. The standard InChI is InChI=1S/C18H17N5/c1-12-7-8-15-16(9-12)21-18(20-15)22-19-10-13-11-23(2)17-6-4-3-5-14(13)17/h3-11H,1-2H3,(H2,20,21,22)/b19-10-. The van der Waals surface area contributed by atoms with E-state index in [2.05, 4.69) is 56.4 Å². The maximum atomic E-state index is 4.47. The van der Waals surface area contributed by atoms with Crippen LogP contribution in [0.4, 0.5) is 5.95 Å². The van der Waals surface area contributed by atoms with Crippen LogP contribution in [-0.4, -0.2) is 20.7 Å². The topological polar surface area (TPSA) is 58.0 Å². The van der Waals surface area contributed by atoms with Crippen molar-refractivity contribution in [1.29, 1.82) is 0 Å². The van der Waals surface area contributed by atoms with Crippen LogP contribution in [0.1, 0.15) is 11.1 Å². The smallest absolute Gasteiger partial charge is 0.222 e. The van der Waals surface area contributed by atoms with Crippen LogP contribution in [0.3, 0.4) is 0 Å². The Bertz CT molecular complexity index is 1020. The molecule has 4 rings (SSSR count). The number of aryl methyl sites for hydroxylation is 2.